The van der Waals surface area contributed by atoms with E-state index in [9.17, 15) is 0 Å². The fourth-order valence-corrected chi connectivity index (χ4v) is 3.18. The van der Waals surface area contributed by atoms with Crippen molar-refractivity contribution in [2.75, 3.05) is 45.9 Å². The molecular formula is C14H27N3O. The summed E-state index contributed by atoms with van der Waals surface area (Å²) in [6.07, 6.45) is 4.14. The summed E-state index contributed by atoms with van der Waals surface area (Å²) in [7, 11) is 0. The lowest BCUT2D eigenvalue weighted by atomic mass is 10.2. The zero-order chi connectivity index (χ0) is 12.4. The summed E-state index contributed by atoms with van der Waals surface area (Å²) in [4.78, 5) is 5.21. The number of rotatable bonds is 5. The van der Waals surface area contributed by atoms with Crippen LogP contribution in [0.5, 0.6) is 0 Å². The average molecular weight is 253 g/mol. The molecule has 3 aliphatic rings. The van der Waals surface area contributed by atoms with Gasteiger partial charge in [-0.1, -0.05) is 0 Å². The number of nitrogens with zero attached hydrogens (tertiary/aromatic N) is 2. The number of nitrogens with one attached hydrogen (secondary N) is 1. The van der Waals surface area contributed by atoms with Gasteiger partial charge in [0.05, 0.1) is 13.2 Å². The summed E-state index contributed by atoms with van der Waals surface area (Å²) in [5.74, 6) is 0. The Hall–Kier alpha value is -0.160. The second-order valence-electron chi connectivity index (χ2n) is 6.18. The molecule has 3 rings (SSSR count). The Morgan fingerprint density at radius 2 is 1.89 bits per heavy atom. The summed E-state index contributed by atoms with van der Waals surface area (Å²) >= 11 is 0. The Kier molecular flexibility index (Phi) is 4.19. The molecule has 0 spiro atoms. The van der Waals surface area contributed by atoms with Crippen molar-refractivity contribution in [1.29, 1.82) is 0 Å². The molecule has 18 heavy (non-hydrogen) atoms. The molecule has 0 aromatic carbocycles. The molecule has 2 saturated heterocycles. The van der Waals surface area contributed by atoms with Crippen LogP contribution in [0.4, 0.5) is 0 Å². The van der Waals surface area contributed by atoms with Gasteiger partial charge in [-0.15, -0.1) is 0 Å². The lowest BCUT2D eigenvalue weighted by molar-refractivity contribution is 0.0264. The first kappa shape index (κ1) is 12.9. The van der Waals surface area contributed by atoms with Gasteiger partial charge in [-0.05, 0) is 26.2 Å². The van der Waals surface area contributed by atoms with Gasteiger partial charge in [-0.3, -0.25) is 9.80 Å². The summed E-state index contributed by atoms with van der Waals surface area (Å²) in [5, 5.41) is 3.77. The van der Waals surface area contributed by atoms with E-state index >= 15 is 0 Å². The fourth-order valence-electron chi connectivity index (χ4n) is 3.18. The molecule has 2 unspecified atom stereocenters. The number of morpholine rings is 1. The van der Waals surface area contributed by atoms with Crippen molar-refractivity contribution < 1.29 is 4.74 Å². The fraction of sp³-hybridized carbons (Fsp3) is 1.00. The largest absolute Gasteiger partial charge is 0.379 e. The topological polar surface area (TPSA) is 27.7 Å². The molecule has 3 fully saturated rings. The zero-order valence-corrected chi connectivity index (χ0v) is 11.6. The van der Waals surface area contributed by atoms with E-state index in [1.54, 1.807) is 0 Å². The highest BCUT2D eigenvalue weighted by molar-refractivity contribution is 4.91. The third kappa shape index (κ3) is 3.44. The van der Waals surface area contributed by atoms with E-state index in [0.717, 1.165) is 38.4 Å². The molecular weight excluding hydrogens is 226 g/mol. The lowest BCUT2D eigenvalue weighted by Crippen LogP contribution is -2.46. The van der Waals surface area contributed by atoms with E-state index in [0.29, 0.717) is 6.04 Å². The maximum Gasteiger partial charge on any atom is 0.0594 e. The Labute approximate surface area is 111 Å². The standard InChI is InChI=1S/C14H27N3O/c1-12(10-16-6-8-18-9-7-16)17-5-4-14(11-17)15-13-2-3-13/h12-15H,2-11H2,1H3. The minimum Gasteiger partial charge on any atom is -0.379 e. The van der Waals surface area contributed by atoms with Crippen molar-refractivity contribution in [2.45, 2.75) is 44.3 Å². The summed E-state index contributed by atoms with van der Waals surface area (Å²) < 4.78 is 5.41. The van der Waals surface area contributed by atoms with Crippen molar-refractivity contribution in [1.82, 2.24) is 15.1 Å². The first-order valence-electron chi connectivity index (χ1n) is 7.61. The van der Waals surface area contributed by atoms with Crippen LogP contribution in [-0.4, -0.2) is 73.9 Å². The minimum absolute atomic E-state index is 0.689. The van der Waals surface area contributed by atoms with Gasteiger partial charge in [0.1, 0.15) is 0 Å². The van der Waals surface area contributed by atoms with Crippen molar-refractivity contribution in [3.63, 3.8) is 0 Å². The van der Waals surface area contributed by atoms with Crippen molar-refractivity contribution in [3.8, 4) is 0 Å². The van der Waals surface area contributed by atoms with Crippen molar-refractivity contribution in [3.05, 3.63) is 0 Å². The maximum atomic E-state index is 5.41. The quantitative estimate of drug-likeness (QED) is 0.774. The molecule has 1 N–H and O–H groups in total. The molecule has 2 atom stereocenters. The van der Waals surface area contributed by atoms with E-state index in [1.165, 1.54) is 38.9 Å². The number of hydrogen-bond acceptors (Lipinski definition) is 4. The second kappa shape index (κ2) is 5.87. The van der Waals surface area contributed by atoms with Crippen LogP contribution in [0, 0.1) is 0 Å². The van der Waals surface area contributed by atoms with Crippen LogP contribution < -0.4 is 5.32 Å². The van der Waals surface area contributed by atoms with Crippen LogP contribution in [0.3, 0.4) is 0 Å². The SMILES string of the molecule is CC(CN1CCOCC1)N1CCC(NC2CC2)C1. The minimum atomic E-state index is 0.689. The van der Waals surface area contributed by atoms with Gasteiger partial charge in [0, 0.05) is 50.8 Å². The monoisotopic (exact) mass is 253 g/mol. The van der Waals surface area contributed by atoms with Crippen LogP contribution >= 0.6 is 0 Å². The highest BCUT2D eigenvalue weighted by Crippen LogP contribution is 2.22. The molecule has 1 aliphatic carbocycles. The van der Waals surface area contributed by atoms with Crippen LogP contribution in [-0.2, 0) is 4.74 Å². The number of hydrogen-bond donors (Lipinski definition) is 1. The Morgan fingerprint density at radius 1 is 1.11 bits per heavy atom. The van der Waals surface area contributed by atoms with Crippen molar-refractivity contribution >= 4 is 0 Å². The highest BCUT2D eigenvalue weighted by Gasteiger charge is 2.31. The average Bonchev–Trinajstić information content (AvgIpc) is 3.06. The van der Waals surface area contributed by atoms with E-state index in [2.05, 4.69) is 22.0 Å². The Balaban J connectivity index is 1.40. The second-order valence-corrected chi connectivity index (χ2v) is 6.18. The Morgan fingerprint density at radius 3 is 2.61 bits per heavy atom. The van der Waals surface area contributed by atoms with E-state index in [4.69, 9.17) is 4.74 Å². The van der Waals surface area contributed by atoms with Crippen LogP contribution in [0.15, 0.2) is 0 Å². The van der Waals surface area contributed by atoms with E-state index in [1.807, 2.05) is 0 Å². The molecule has 104 valence electrons. The first-order valence-corrected chi connectivity index (χ1v) is 7.61. The molecule has 2 aliphatic heterocycles. The summed E-state index contributed by atoms with van der Waals surface area (Å²) in [5.41, 5.74) is 0. The lowest BCUT2D eigenvalue weighted by Gasteiger charge is -2.33. The number of likely N-dealkylation sites (tertiary alicyclic amines) is 1. The van der Waals surface area contributed by atoms with Gasteiger partial charge in [0.25, 0.3) is 0 Å². The molecule has 4 nitrogen and oxygen atoms in total. The molecule has 0 bridgehead atoms. The molecule has 4 heteroatoms. The molecule has 2 heterocycles. The van der Waals surface area contributed by atoms with Gasteiger partial charge in [0.2, 0.25) is 0 Å². The molecule has 1 saturated carbocycles. The smallest absolute Gasteiger partial charge is 0.0594 e. The van der Waals surface area contributed by atoms with Gasteiger partial charge in [0.15, 0.2) is 0 Å². The molecule has 0 amide bonds. The maximum absolute atomic E-state index is 5.41. The summed E-state index contributed by atoms with van der Waals surface area (Å²) in [6, 6.07) is 2.29. The third-order valence-corrected chi connectivity index (χ3v) is 4.52. The first-order chi connectivity index (χ1) is 8.81. The van der Waals surface area contributed by atoms with Gasteiger partial charge < -0.3 is 10.1 Å². The predicted octanol–water partition coefficient (Wildman–Crippen LogP) is 0.533. The molecule has 0 aromatic rings. The van der Waals surface area contributed by atoms with Crippen LogP contribution in [0.2, 0.25) is 0 Å². The van der Waals surface area contributed by atoms with Gasteiger partial charge >= 0.3 is 0 Å². The molecule has 0 aromatic heterocycles. The van der Waals surface area contributed by atoms with Crippen LogP contribution in [0.1, 0.15) is 26.2 Å². The van der Waals surface area contributed by atoms with E-state index < -0.39 is 0 Å². The van der Waals surface area contributed by atoms with Gasteiger partial charge in [-0.25, -0.2) is 0 Å². The normalized spacial score (nSPS) is 32.8. The molecule has 0 radical (unpaired) electrons. The Bertz CT molecular complexity index is 264. The predicted molar refractivity (Wildman–Crippen MR) is 72.9 cm³/mol. The zero-order valence-electron chi connectivity index (χ0n) is 11.6. The van der Waals surface area contributed by atoms with E-state index in [-0.39, 0.29) is 0 Å². The van der Waals surface area contributed by atoms with Gasteiger partial charge in [-0.2, -0.15) is 0 Å². The number of ether oxygens (including phenoxy) is 1. The summed E-state index contributed by atoms with van der Waals surface area (Å²) in [6.45, 7) is 10.2. The van der Waals surface area contributed by atoms with Crippen LogP contribution in [0.25, 0.3) is 0 Å². The highest BCUT2D eigenvalue weighted by atomic mass is 16.5. The van der Waals surface area contributed by atoms with Crippen molar-refractivity contribution in [2.24, 2.45) is 0 Å². The third-order valence-electron chi connectivity index (χ3n) is 4.52.